The molecule has 1 aromatic rings. The van der Waals surface area contributed by atoms with Crippen LogP contribution in [0.2, 0.25) is 0 Å². The van der Waals surface area contributed by atoms with Crippen molar-refractivity contribution in [3.63, 3.8) is 0 Å². The second-order valence-electron chi connectivity index (χ2n) is 3.97. The van der Waals surface area contributed by atoms with E-state index in [0.29, 0.717) is 18.8 Å². The molecule has 0 radical (unpaired) electrons. The maximum atomic E-state index is 11.5. The Labute approximate surface area is 82.9 Å². The smallest absolute Gasteiger partial charge is 0.267 e. The standard InChI is InChI=1S/C10H15N3O/c11-6-10(3-4-10)7-13-9(14)8-2-1-5-12-8/h1-2,5,12H,3-4,6-7,11H2,(H,13,14). The lowest BCUT2D eigenvalue weighted by Gasteiger charge is -2.12. The zero-order valence-corrected chi connectivity index (χ0v) is 8.05. The Hall–Kier alpha value is -1.29. The van der Waals surface area contributed by atoms with Gasteiger partial charge in [0.2, 0.25) is 0 Å². The summed E-state index contributed by atoms with van der Waals surface area (Å²) < 4.78 is 0. The van der Waals surface area contributed by atoms with Crippen LogP contribution in [0.1, 0.15) is 23.3 Å². The molecule has 0 aromatic carbocycles. The molecule has 1 aliphatic rings. The largest absolute Gasteiger partial charge is 0.357 e. The molecule has 0 unspecified atom stereocenters. The molecular weight excluding hydrogens is 178 g/mol. The van der Waals surface area contributed by atoms with Gasteiger partial charge in [0, 0.05) is 18.2 Å². The number of hydrogen-bond donors (Lipinski definition) is 3. The fourth-order valence-corrected chi connectivity index (χ4v) is 1.46. The van der Waals surface area contributed by atoms with Crippen molar-refractivity contribution < 1.29 is 4.79 Å². The van der Waals surface area contributed by atoms with Gasteiger partial charge in [0.05, 0.1) is 0 Å². The van der Waals surface area contributed by atoms with Gasteiger partial charge in [-0.25, -0.2) is 0 Å². The third-order valence-corrected chi connectivity index (χ3v) is 2.86. The van der Waals surface area contributed by atoms with Crippen molar-refractivity contribution in [3.8, 4) is 0 Å². The molecule has 76 valence electrons. The lowest BCUT2D eigenvalue weighted by atomic mass is 10.1. The van der Waals surface area contributed by atoms with E-state index in [2.05, 4.69) is 10.3 Å². The minimum absolute atomic E-state index is 0.0466. The maximum Gasteiger partial charge on any atom is 0.267 e. The predicted molar refractivity (Wildman–Crippen MR) is 53.8 cm³/mol. The third kappa shape index (κ3) is 1.80. The van der Waals surface area contributed by atoms with Crippen molar-refractivity contribution >= 4 is 5.91 Å². The summed E-state index contributed by atoms with van der Waals surface area (Å²) in [5.74, 6) is -0.0466. The van der Waals surface area contributed by atoms with Gasteiger partial charge in [0.1, 0.15) is 5.69 Å². The van der Waals surface area contributed by atoms with Crippen molar-refractivity contribution in [1.29, 1.82) is 0 Å². The molecule has 1 heterocycles. The van der Waals surface area contributed by atoms with Gasteiger partial charge >= 0.3 is 0 Å². The van der Waals surface area contributed by atoms with Gasteiger partial charge in [-0.1, -0.05) is 0 Å². The zero-order chi connectivity index (χ0) is 10.0. The summed E-state index contributed by atoms with van der Waals surface area (Å²) in [4.78, 5) is 14.4. The first kappa shape index (κ1) is 9.27. The van der Waals surface area contributed by atoms with E-state index in [1.165, 1.54) is 0 Å². The molecule has 1 fully saturated rings. The maximum absolute atomic E-state index is 11.5. The van der Waals surface area contributed by atoms with Crippen LogP contribution < -0.4 is 11.1 Å². The van der Waals surface area contributed by atoms with Gasteiger partial charge in [-0.3, -0.25) is 4.79 Å². The summed E-state index contributed by atoms with van der Waals surface area (Å²) in [7, 11) is 0. The number of carbonyl (C=O) groups excluding carboxylic acids is 1. The summed E-state index contributed by atoms with van der Waals surface area (Å²) in [5, 5.41) is 2.89. The van der Waals surface area contributed by atoms with E-state index in [-0.39, 0.29) is 11.3 Å². The van der Waals surface area contributed by atoms with E-state index in [0.717, 1.165) is 12.8 Å². The number of rotatable bonds is 4. The fraction of sp³-hybridized carbons (Fsp3) is 0.500. The van der Waals surface area contributed by atoms with Crippen molar-refractivity contribution in [2.45, 2.75) is 12.8 Å². The van der Waals surface area contributed by atoms with Crippen molar-refractivity contribution in [2.24, 2.45) is 11.1 Å². The van der Waals surface area contributed by atoms with Crippen LogP contribution in [0, 0.1) is 5.41 Å². The molecule has 2 rings (SSSR count). The summed E-state index contributed by atoms with van der Waals surface area (Å²) in [5.41, 5.74) is 6.42. The van der Waals surface area contributed by atoms with Crippen LogP contribution in [-0.4, -0.2) is 24.0 Å². The fourth-order valence-electron chi connectivity index (χ4n) is 1.46. The van der Waals surface area contributed by atoms with Crippen LogP contribution in [0.4, 0.5) is 0 Å². The molecule has 0 spiro atoms. The van der Waals surface area contributed by atoms with Gasteiger partial charge in [-0.2, -0.15) is 0 Å². The number of aromatic nitrogens is 1. The molecule has 0 bridgehead atoms. The molecule has 1 aromatic heterocycles. The lowest BCUT2D eigenvalue weighted by molar-refractivity contribution is 0.0941. The van der Waals surface area contributed by atoms with Gasteiger partial charge < -0.3 is 16.0 Å². The number of amides is 1. The molecule has 0 saturated heterocycles. The van der Waals surface area contributed by atoms with Crippen LogP contribution in [0.15, 0.2) is 18.3 Å². The predicted octanol–water partition coefficient (Wildman–Crippen LogP) is 0.483. The number of nitrogens with two attached hydrogens (primary N) is 1. The Morgan fingerprint density at radius 3 is 2.93 bits per heavy atom. The molecular formula is C10H15N3O. The van der Waals surface area contributed by atoms with E-state index in [1.807, 2.05) is 6.07 Å². The minimum atomic E-state index is -0.0466. The second-order valence-corrected chi connectivity index (χ2v) is 3.97. The highest BCUT2D eigenvalue weighted by Crippen LogP contribution is 2.43. The lowest BCUT2D eigenvalue weighted by Crippen LogP contribution is -2.34. The van der Waals surface area contributed by atoms with Crippen LogP contribution in [0.5, 0.6) is 0 Å². The average molecular weight is 193 g/mol. The molecule has 0 atom stereocenters. The van der Waals surface area contributed by atoms with E-state index in [1.54, 1.807) is 12.3 Å². The number of carbonyl (C=O) groups is 1. The highest BCUT2D eigenvalue weighted by molar-refractivity contribution is 5.92. The summed E-state index contributed by atoms with van der Waals surface area (Å²) >= 11 is 0. The van der Waals surface area contributed by atoms with Crippen LogP contribution in [0.3, 0.4) is 0 Å². The number of H-pyrrole nitrogens is 1. The van der Waals surface area contributed by atoms with Crippen molar-refractivity contribution in [1.82, 2.24) is 10.3 Å². The number of nitrogens with one attached hydrogen (secondary N) is 2. The third-order valence-electron chi connectivity index (χ3n) is 2.86. The SMILES string of the molecule is NCC1(CNC(=O)c2ccc[nH]2)CC1. The Morgan fingerprint density at radius 1 is 1.64 bits per heavy atom. The highest BCUT2D eigenvalue weighted by atomic mass is 16.1. The van der Waals surface area contributed by atoms with Crippen molar-refractivity contribution in [2.75, 3.05) is 13.1 Å². The van der Waals surface area contributed by atoms with E-state index < -0.39 is 0 Å². The van der Waals surface area contributed by atoms with Crippen LogP contribution >= 0.6 is 0 Å². The molecule has 4 N–H and O–H groups in total. The minimum Gasteiger partial charge on any atom is -0.357 e. The highest BCUT2D eigenvalue weighted by Gasteiger charge is 2.41. The van der Waals surface area contributed by atoms with E-state index in [9.17, 15) is 4.79 Å². The summed E-state index contributed by atoms with van der Waals surface area (Å²) in [6, 6.07) is 3.57. The first-order valence-electron chi connectivity index (χ1n) is 4.87. The molecule has 1 saturated carbocycles. The Bertz CT molecular complexity index is 314. The first-order chi connectivity index (χ1) is 6.76. The van der Waals surface area contributed by atoms with Gasteiger partial charge in [-0.15, -0.1) is 0 Å². The van der Waals surface area contributed by atoms with Crippen LogP contribution in [0.25, 0.3) is 0 Å². The topological polar surface area (TPSA) is 70.9 Å². The molecule has 14 heavy (non-hydrogen) atoms. The first-order valence-corrected chi connectivity index (χ1v) is 4.87. The van der Waals surface area contributed by atoms with E-state index >= 15 is 0 Å². The molecule has 4 heteroatoms. The number of aromatic amines is 1. The summed E-state index contributed by atoms with van der Waals surface area (Å²) in [6.45, 7) is 1.36. The van der Waals surface area contributed by atoms with E-state index in [4.69, 9.17) is 5.73 Å². The molecule has 1 amide bonds. The summed E-state index contributed by atoms with van der Waals surface area (Å²) in [6.07, 6.45) is 4.01. The normalized spacial score (nSPS) is 17.8. The number of hydrogen-bond acceptors (Lipinski definition) is 2. The quantitative estimate of drug-likeness (QED) is 0.651. The zero-order valence-electron chi connectivity index (χ0n) is 8.05. The molecule has 4 nitrogen and oxygen atoms in total. The average Bonchev–Trinajstić information content (AvgIpc) is 2.78. The molecule has 0 aliphatic heterocycles. The van der Waals surface area contributed by atoms with Gasteiger partial charge in [0.15, 0.2) is 0 Å². The van der Waals surface area contributed by atoms with Crippen LogP contribution in [-0.2, 0) is 0 Å². The van der Waals surface area contributed by atoms with Crippen molar-refractivity contribution in [3.05, 3.63) is 24.0 Å². The Morgan fingerprint density at radius 2 is 2.43 bits per heavy atom. The Kier molecular flexibility index (Phi) is 2.29. The Balaban J connectivity index is 1.84. The van der Waals surface area contributed by atoms with Gasteiger partial charge in [-0.05, 0) is 31.5 Å². The monoisotopic (exact) mass is 193 g/mol. The second kappa shape index (κ2) is 3.46. The molecule has 1 aliphatic carbocycles. The van der Waals surface area contributed by atoms with Gasteiger partial charge in [0.25, 0.3) is 5.91 Å².